The standard InChI is InChI=1S/C18H17N3O3/c1-10(2)11-6-7-15-14(9-11)16(18(24)19-15)20-21-17(23)12-4-3-5-13(22)8-12/h3-10,19,22,24H,1-2H3. The van der Waals surface area contributed by atoms with E-state index in [1.165, 1.54) is 18.2 Å². The van der Waals surface area contributed by atoms with Crippen LogP contribution in [-0.2, 0) is 0 Å². The summed E-state index contributed by atoms with van der Waals surface area (Å²) in [6.45, 7) is 4.14. The van der Waals surface area contributed by atoms with E-state index in [1.807, 2.05) is 18.2 Å². The lowest BCUT2D eigenvalue weighted by Crippen LogP contribution is -1.92. The molecule has 0 saturated heterocycles. The molecular weight excluding hydrogens is 306 g/mol. The first-order valence-corrected chi connectivity index (χ1v) is 7.55. The van der Waals surface area contributed by atoms with E-state index >= 15 is 0 Å². The lowest BCUT2D eigenvalue weighted by atomic mass is 10.0. The summed E-state index contributed by atoms with van der Waals surface area (Å²) in [5, 5.41) is 27.7. The third-order valence-electron chi connectivity index (χ3n) is 3.78. The minimum Gasteiger partial charge on any atom is -0.508 e. The summed E-state index contributed by atoms with van der Waals surface area (Å²) in [5.74, 6) is -0.434. The Labute approximate surface area is 138 Å². The molecular formula is C18H17N3O3. The van der Waals surface area contributed by atoms with E-state index in [4.69, 9.17) is 0 Å². The van der Waals surface area contributed by atoms with Crippen LogP contribution in [0.3, 0.4) is 0 Å². The van der Waals surface area contributed by atoms with Crippen LogP contribution < -0.4 is 0 Å². The number of carbonyl (C=O) groups is 1. The average molecular weight is 323 g/mol. The van der Waals surface area contributed by atoms with Crippen molar-refractivity contribution in [2.45, 2.75) is 19.8 Å². The lowest BCUT2D eigenvalue weighted by molar-refractivity contribution is 0.0994. The molecule has 1 amide bonds. The van der Waals surface area contributed by atoms with Gasteiger partial charge >= 0.3 is 0 Å². The average Bonchev–Trinajstić information content (AvgIpc) is 2.87. The van der Waals surface area contributed by atoms with Crippen LogP contribution in [0.4, 0.5) is 5.69 Å². The maximum atomic E-state index is 12.1. The van der Waals surface area contributed by atoms with Gasteiger partial charge in [-0.1, -0.05) is 26.0 Å². The first-order chi connectivity index (χ1) is 11.5. The molecule has 1 heterocycles. The Kier molecular flexibility index (Phi) is 4.04. The second-order valence-electron chi connectivity index (χ2n) is 5.84. The van der Waals surface area contributed by atoms with Gasteiger partial charge in [0.25, 0.3) is 5.91 Å². The fourth-order valence-corrected chi connectivity index (χ4v) is 2.43. The zero-order valence-electron chi connectivity index (χ0n) is 13.3. The maximum Gasteiger partial charge on any atom is 0.295 e. The van der Waals surface area contributed by atoms with Gasteiger partial charge in [0, 0.05) is 10.9 Å². The molecule has 0 fully saturated rings. The van der Waals surface area contributed by atoms with E-state index < -0.39 is 5.91 Å². The largest absolute Gasteiger partial charge is 0.508 e. The summed E-state index contributed by atoms with van der Waals surface area (Å²) in [5.41, 5.74) is 2.26. The number of nitrogens with one attached hydrogen (secondary N) is 1. The molecule has 0 aliphatic heterocycles. The Bertz CT molecular complexity index is 942. The van der Waals surface area contributed by atoms with Crippen LogP contribution >= 0.6 is 0 Å². The second kappa shape index (κ2) is 6.16. The van der Waals surface area contributed by atoms with Crippen LogP contribution in [0.25, 0.3) is 10.9 Å². The van der Waals surface area contributed by atoms with E-state index in [1.54, 1.807) is 6.07 Å². The van der Waals surface area contributed by atoms with Gasteiger partial charge in [-0.3, -0.25) is 4.79 Å². The highest BCUT2D eigenvalue weighted by Gasteiger charge is 2.13. The molecule has 0 spiro atoms. The lowest BCUT2D eigenvalue weighted by Gasteiger charge is -2.04. The molecule has 0 atom stereocenters. The number of azo groups is 1. The van der Waals surface area contributed by atoms with Crippen molar-refractivity contribution in [2.75, 3.05) is 0 Å². The topological polar surface area (TPSA) is 98.0 Å². The van der Waals surface area contributed by atoms with Gasteiger partial charge < -0.3 is 15.2 Å². The summed E-state index contributed by atoms with van der Waals surface area (Å²) in [6, 6.07) is 11.6. The predicted molar refractivity (Wildman–Crippen MR) is 91.0 cm³/mol. The van der Waals surface area contributed by atoms with Gasteiger partial charge in [0.2, 0.25) is 5.88 Å². The summed E-state index contributed by atoms with van der Waals surface area (Å²) in [6.07, 6.45) is 0. The molecule has 0 radical (unpaired) electrons. The molecule has 0 bridgehead atoms. The first-order valence-electron chi connectivity index (χ1n) is 7.55. The van der Waals surface area contributed by atoms with Crippen molar-refractivity contribution < 1.29 is 15.0 Å². The number of aromatic hydroxyl groups is 2. The van der Waals surface area contributed by atoms with Gasteiger partial charge in [0.1, 0.15) is 5.75 Å². The summed E-state index contributed by atoms with van der Waals surface area (Å²) in [7, 11) is 0. The highest BCUT2D eigenvalue weighted by Crippen LogP contribution is 2.37. The summed E-state index contributed by atoms with van der Waals surface area (Å²) in [4.78, 5) is 14.9. The van der Waals surface area contributed by atoms with Crippen molar-refractivity contribution in [1.82, 2.24) is 4.98 Å². The molecule has 122 valence electrons. The van der Waals surface area contributed by atoms with E-state index in [-0.39, 0.29) is 22.9 Å². The number of carbonyl (C=O) groups excluding carboxylic acids is 1. The van der Waals surface area contributed by atoms with E-state index in [0.717, 1.165) is 11.1 Å². The number of hydrogen-bond donors (Lipinski definition) is 3. The van der Waals surface area contributed by atoms with Crippen LogP contribution in [0.15, 0.2) is 52.7 Å². The predicted octanol–water partition coefficient (Wildman–Crippen LogP) is 4.63. The Morgan fingerprint density at radius 2 is 1.92 bits per heavy atom. The molecule has 3 rings (SSSR count). The minimum atomic E-state index is -0.598. The fourth-order valence-electron chi connectivity index (χ4n) is 2.43. The zero-order chi connectivity index (χ0) is 17.3. The number of hydrogen-bond acceptors (Lipinski definition) is 4. The van der Waals surface area contributed by atoms with Gasteiger partial charge in [0.05, 0.1) is 5.52 Å². The molecule has 1 aromatic heterocycles. The number of rotatable bonds is 3. The number of amides is 1. The summed E-state index contributed by atoms with van der Waals surface area (Å²) >= 11 is 0. The van der Waals surface area contributed by atoms with Gasteiger partial charge in [-0.25, -0.2) is 0 Å². The third kappa shape index (κ3) is 2.99. The monoisotopic (exact) mass is 323 g/mol. The number of H-pyrrole nitrogens is 1. The molecule has 0 unspecified atom stereocenters. The highest BCUT2D eigenvalue weighted by molar-refractivity contribution is 5.97. The van der Waals surface area contributed by atoms with Crippen molar-refractivity contribution in [2.24, 2.45) is 10.2 Å². The molecule has 3 aromatic rings. The van der Waals surface area contributed by atoms with Gasteiger partial charge in [-0.2, -0.15) is 0 Å². The Balaban J connectivity index is 1.98. The van der Waals surface area contributed by atoms with E-state index in [2.05, 4.69) is 29.1 Å². The number of aromatic nitrogens is 1. The van der Waals surface area contributed by atoms with Crippen LogP contribution in [-0.4, -0.2) is 21.1 Å². The third-order valence-corrected chi connectivity index (χ3v) is 3.78. The molecule has 0 saturated carbocycles. The minimum absolute atomic E-state index is 0.0208. The maximum absolute atomic E-state index is 12.1. The molecule has 0 aliphatic carbocycles. The Morgan fingerprint density at radius 3 is 2.62 bits per heavy atom. The normalized spacial score (nSPS) is 11.6. The fraction of sp³-hybridized carbons (Fsp3) is 0.167. The van der Waals surface area contributed by atoms with E-state index in [0.29, 0.717) is 11.3 Å². The van der Waals surface area contributed by atoms with Crippen molar-refractivity contribution in [1.29, 1.82) is 0 Å². The van der Waals surface area contributed by atoms with Gasteiger partial charge in [-0.05, 0) is 41.8 Å². The van der Waals surface area contributed by atoms with Crippen LogP contribution in [0, 0.1) is 0 Å². The number of fused-ring (bicyclic) bond motifs is 1. The number of phenols is 1. The zero-order valence-corrected chi connectivity index (χ0v) is 13.3. The number of phenolic OH excluding ortho intramolecular Hbond substituents is 1. The van der Waals surface area contributed by atoms with Gasteiger partial charge in [-0.15, -0.1) is 10.2 Å². The Morgan fingerprint density at radius 1 is 1.12 bits per heavy atom. The molecule has 6 nitrogen and oxygen atoms in total. The SMILES string of the molecule is CC(C)c1ccc2[nH]c(O)c(N=NC(=O)c3cccc(O)c3)c2c1. The molecule has 0 aliphatic rings. The van der Waals surface area contributed by atoms with Crippen molar-refractivity contribution in [3.05, 3.63) is 53.6 Å². The summed E-state index contributed by atoms with van der Waals surface area (Å²) < 4.78 is 0. The van der Waals surface area contributed by atoms with Crippen molar-refractivity contribution >= 4 is 22.5 Å². The van der Waals surface area contributed by atoms with Gasteiger partial charge in [0.15, 0.2) is 5.69 Å². The molecule has 3 N–H and O–H groups in total. The number of benzene rings is 2. The first kappa shape index (κ1) is 15.7. The Hall–Kier alpha value is -3.15. The van der Waals surface area contributed by atoms with Crippen molar-refractivity contribution in [3.63, 3.8) is 0 Å². The van der Waals surface area contributed by atoms with Crippen molar-refractivity contribution in [3.8, 4) is 11.6 Å². The van der Waals surface area contributed by atoms with Crippen LogP contribution in [0.1, 0.15) is 35.7 Å². The van der Waals surface area contributed by atoms with Crippen LogP contribution in [0.2, 0.25) is 0 Å². The second-order valence-corrected chi connectivity index (χ2v) is 5.84. The highest BCUT2D eigenvalue weighted by atomic mass is 16.3. The molecule has 24 heavy (non-hydrogen) atoms. The van der Waals surface area contributed by atoms with E-state index in [9.17, 15) is 15.0 Å². The molecule has 6 heteroatoms. The number of nitrogens with zero attached hydrogens (tertiary/aromatic N) is 2. The molecule has 2 aromatic carbocycles. The quantitative estimate of drug-likeness (QED) is 0.613. The van der Waals surface area contributed by atoms with Crippen LogP contribution in [0.5, 0.6) is 11.6 Å². The smallest absolute Gasteiger partial charge is 0.295 e. The number of aromatic amines is 1.